The summed E-state index contributed by atoms with van der Waals surface area (Å²) in [6.07, 6.45) is 2.42. The highest BCUT2D eigenvalue weighted by Crippen LogP contribution is 2.09. The van der Waals surface area contributed by atoms with Gasteiger partial charge in [0, 0.05) is 13.6 Å². The molecule has 0 heterocycles. The minimum absolute atomic E-state index is 0.0293. The maximum Gasteiger partial charge on any atom is 0.240 e. The Morgan fingerprint density at radius 1 is 1.32 bits per heavy atom. The zero-order valence-electron chi connectivity index (χ0n) is 13.3. The van der Waals surface area contributed by atoms with Crippen molar-refractivity contribution in [2.75, 3.05) is 24.8 Å². The van der Waals surface area contributed by atoms with Crippen LogP contribution in [-0.2, 0) is 21.4 Å². The lowest BCUT2D eigenvalue weighted by atomic mass is 10.2. The van der Waals surface area contributed by atoms with Gasteiger partial charge in [0.25, 0.3) is 0 Å². The van der Waals surface area contributed by atoms with Crippen molar-refractivity contribution in [2.24, 2.45) is 0 Å². The Morgan fingerprint density at radius 3 is 2.50 bits per heavy atom. The number of hydrogen-bond acceptors (Lipinski definition) is 4. The highest BCUT2D eigenvalue weighted by Gasteiger charge is 2.25. The summed E-state index contributed by atoms with van der Waals surface area (Å²) in [6, 6.07) is 8.93. The number of carbonyl (C=O) groups excluding carboxylic acids is 1. The first-order chi connectivity index (χ1) is 10.4. The second kappa shape index (κ2) is 9.17. The van der Waals surface area contributed by atoms with Crippen LogP contribution in [0.5, 0.6) is 0 Å². The summed E-state index contributed by atoms with van der Waals surface area (Å²) in [4.78, 5) is 14.1. The van der Waals surface area contributed by atoms with Crippen LogP contribution in [0.3, 0.4) is 0 Å². The van der Waals surface area contributed by atoms with Gasteiger partial charge in [-0.25, -0.2) is 13.1 Å². The van der Waals surface area contributed by atoms with E-state index in [1.54, 1.807) is 30.6 Å². The van der Waals surface area contributed by atoms with Crippen molar-refractivity contribution >= 4 is 27.7 Å². The van der Waals surface area contributed by atoms with Gasteiger partial charge in [0.15, 0.2) is 0 Å². The third-order valence-corrected chi connectivity index (χ3v) is 5.30. The number of amides is 1. The van der Waals surface area contributed by atoms with Crippen molar-refractivity contribution in [2.45, 2.75) is 25.9 Å². The van der Waals surface area contributed by atoms with Crippen LogP contribution < -0.4 is 4.72 Å². The fourth-order valence-corrected chi connectivity index (χ4v) is 3.26. The van der Waals surface area contributed by atoms with E-state index < -0.39 is 16.1 Å². The molecule has 1 amide bonds. The molecule has 7 heteroatoms. The molecule has 0 spiro atoms. The molecule has 5 nitrogen and oxygen atoms in total. The molecule has 0 bridgehead atoms. The minimum atomic E-state index is -3.41. The largest absolute Gasteiger partial charge is 0.340 e. The molecule has 1 aromatic carbocycles. The molecule has 0 aliphatic rings. The zero-order valence-corrected chi connectivity index (χ0v) is 14.9. The maximum absolute atomic E-state index is 12.5. The number of thioether (sulfide) groups is 1. The van der Waals surface area contributed by atoms with E-state index in [4.69, 9.17) is 0 Å². The van der Waals surface area contributed by atoms with Crippen LogP contribution in [0, 0.1) is 0 Å². The predicted molar refractivity (Wildman–Crippen MR) is 92.3 cm³/mol. The van der Waals surface area contributed by atoms with Gasteiger partial charge in [-0.2, -0.15) is 11.8 Å². The third kappa shape index (κ3) is 6.37. The summed E-state index contributed by atoms with van der Waals surface area (Å²) in [5.74, 6) is 0.496. The van der Waals surface area contributed by atoms with Gasteiger partial charge >= 0.3 is 0 Å². The van der Waals surface area contributed by atoms with Gasteiger partial charge in [0.05, 0.1) is 5.75 Å². The van der Waals surface area contributed by atoms with Gasteiger partial charge in [0.1, 0.15) is 6.04 Å². The van der Waals surface area contributed by atoms with Crippen molar-refractivity contribution in [1.82, 2.24) is 9.62 Å². The number of rotatable bonds is 9. The van der Waals surface area contributed by atoms with Crippen LogP contribution in [0.25, 0.3) is 0 Å². The van der Waals surface area contributed by atoms with Gasteiger partial charge in [-0.3, -0.25) is 4.79 Å². The van der Waals surface area contributed by atoms with Crippen LogP contribution in [0.2, 0.25) is 0 Å². The van der Waals surface area contributed by atoms with Gasteiger partial charge in [-0.15, -0.1) is 0 Å². The van der Waals surface area contributed by atoms with Gasteiger partial charge in [-0.1, -0.05) is 30.3 Å². The number of sulfonamides is 1. The SMILES string of the molecule is CCS(=O)(=O)NC(CCSC)C(=O)N(C)Cc1ccccc1. The molecule has 0 radical (unpaired) electrons. The normalized spacial score (nSPS) is 12.9. The fourth-order valence-electron chi connectivity index (χ4n) is 1.97. The standard InChI is InChI=1S/C15H24N2O3S2/c1-4-22(19,20)16-14(10-11-21-3)15(18)17(2)12-13-8-6-5-7-9-13/h5-9,14,16H,4,10-12H2,1-3H3. The van der Waals surface area contributed by atoms with Crippen LogP contribution in [0.15, 0.2) is 30.3 Å². The fraction of sp³-hybridized carbons (Fsp3) is 0.533. The predicted octanol–water partition coefficient (Wildman–Crippen LogP) is 1.71. The van der Waals surface area contributed by atoms with E-state index in [1.165, 1.54) is 0 Å². The molecule has 22 heavy (non-hydrogen) atoms. The van der Waals surface area contributed by atoms with Crippen molar-refractivity contribution in [3.8, 4) is 0 Å². The monoisotopic (exact) mass is 344 g/mol. The summed E-state index contributed by atoms with van der Waals surface area (Å²) < 4.78 is 26.1. The summed E-state index contributed by atoms with van der Waals surface area (Å²) in [6.45, 7) is 2.02. The number of nitrogens with one attached hydrogen (secondary N) is 1. The first-order valence-corrected chi connectivity index (χ1v) is 10.2. The lowest BCUT2D eigenvalue weighted by Crippen LogP contribution is -2.47. The molecule has 0 aliphatic carbocycles. The van der Waals surface area contributed by atoms with Crippen molar-refractivity contribution in [3.05, 3.63) is 35.9 Å². The van der Waals surface area contributed by atoms with Crippen molar-refractivity contribution < 1.29 is 13.2 Å². The summed E-state index contributed by atoms with van der Waals surface area (Å²) in [5.41, 5.74) is 1.01. The highest BCUT2D eigenvalue weighted by molar-refractivity contribution is 7.98. The molecule has 1 atom stereocenters. The first-order valence-electron chi connectivity index (χ1n) is 7.17. The van der Waals surface area contributed by atoms with E-state index in [1.807, 2.05) is 36.6 Å². The Bertz CT molecular complexity index is 561. The van der Waals surface area contributed by atoms with Crippen LogP contribution in [0.1, 0.15) is 18.9 Å². The first kappa shape index (κ1) is 19.0. The average Bonchev–Trinajstić information content (AvgIpc) is 2.51. The summed E-state index contributed by atoms with van der Waals surface area (Å²) >= 11 is 1.59. The average molecular weight is 345 g/mol. The van der Waals surface area contributed by atoms with E-state index in [0.29, 0.717) is 13.0 Å². The number of likely N-dealkylation sites (N-methyl/N-ethyl adjacent to an activating group) is 1. The van der Waals surface area contributed by atoms with Crippen LogP contribution >= 0.6 is 11.8 Å². The molecule has 124 valence electrons. The molecule has 0 saturated carbocycles. The molecule has 0 aromatic heterocycles. The second-order valence-electron chi connectivity index (χ2n) is 5.04. The van der Waals surface area contributed by atoms with E-state index in [2.05, 4.69) is 4.72 Å². The Kier molecular flexibility index (Phi) is 7.92. The quantitative estimate of drug-likeness (QED) is 0.740. The summed E-state index contributed by atoms with van der Waals surface area (Å²) in [5, 5.41) is 0. The van der Waals surface area contributed by atoms with Gasteiger partial charge in [0.2, 0.25) is 15.9 Å². The Morgan fingerprint density at radius 2 is 1.95 bits per heavy atom. The second-order valence-corrected chi connectivity index (χ2v) is 8.06. The Hall–Kier alpha value is -1.05. The molecule has 1 N–H and O–H groups in total. The molecular formula is C15H24N2O3S2. The van der Waals surface area contributed by atoms with E-state index in [9.17, 15) is 13.2 Å². The van der Waals surface area contributed by atoms with Crippen LogP contribution in [0.4, 0.5) is 0 Å². The van der Waals surface area contributed by atoms with Crippen molar-refractivity contribution in [1.29, 1.82) is 0 Å². The molecule has 0 fully saturated rings. The lowest BCUT2D eigenvalue weighted by Gasteiger charge is -2.24. The maximum atomic E-state index is 12.5. The lowest BCUT2D eigenvalue weighted by molar-refractivity contribution is -0.132. The molecule has 1 unspecified atom stereocenters. The van der Waals surface area contributed by atoms with Gasteiger partial charge in [-0.05, 0) is 30.9 Å². The number of carbonyl (C=O) groups is 1. The smallest absolute Gasteiger partial charge is 0.240 e. The number of benzene rings is 1. The number of nitrogens with zero attached hydrogens (tertiary/aromatic N) is 1. The Balaban J connectivity index is 2.77. The van der Waals surface area contributed by atoms with E-state index >= 15 is 0 Å². The summed E-state index contributed by atoms with van der Waals surface area (Å²) in [7, 11) is -1.71. The molecule has 0 saturated heterocycles. The number of hydrogen-bond donors (Lipinski definition) is 1. The topological polar surface area (TPSA) is 66.5 Å². The third-order valence-electron chi connectivity index (χ3n) is 3.25. The Labute approximate surface area is 137 Å². The van der Waals surface area contributed by atoms with Gasteiger partial charge < -0.3 is 4.90 Å². The molecule has 1 aromatic rings. The van der Waals surface area contributed by atoms with E-state index in [-0.39, 0.29) is 11.7 Å². The minimum Gasteiger partial charge on any atom is -0.340 e. The molecule has 1 rings (SSSR count). The molecule has 0 aliphatic heterocycles. The zero-order chi connectivity index (χ0) is 16.6. The van der Waals surface area contributed by atoms with Crippen molar-refractivity contribution in [3.63, 3.8) is 0 Å². The highest BCUT2D eigenvalue weighted by atomic mass is 32.2. The van der Waals surface area contributed by atoms with E-state index in [0.717, 1.165) is 11.3 Å². The molecular weight excluding hydrogens is 320 g/mol. The van der Waals surface area contributed by atoms with Crippen LogP contribution in [-0.4, -0.2) is 50.1 Å².